The third-order valence-corrected chi connectivity index (χ3v) is 5.22. The number of amides is 1. The Morgan fingerprint density at radius 3 is 2.78 bits per heavy atom. The van der Waals surface area contributed by atoms with E-state index in [1.165, 1.54) is 16.7 Å². The maximum atomic E-state index is 12.0. The van der Waals surface area contributed by atoms with Crippen molar-refractivity contribution in [3.05, 3.63) is 35.9 Å². The van der Waals surface area contributed by atoms with Crippen LogP contribution < -0.4 is 5.11 Å². The van der Waals surface area contributed by atoms with Gasteiger partial charge in [-0.1, -0.05) is 30.3 Å². The molecule has 2 atom stereocenters. The highest BCUT2D eigenvalue weighted by molar-refractivity contribution is 8.00. The van der Waals surface area contributed by atoms with Crippen molar-refractivity contribution in [1.82, 2.24) is 4.90 Å². The largest absolute Gasteiger partial charge is 0.548 e. The fourth-order valence-electron chi connectivity index (χ4n) is 2.82. The summed E-state index contributed by atoms with van der Waals surface area (Å²) < 4.78 is 0. The van der Waals surface area contributed by atoms with E-state index < -0.39 is 16.9 Å². The molecular formula is C13H12NO3S-. The number of hydrogen-bond donors (Lipinski definition) is 0. The molecule has 1 aromatic rings. The summed E-state index contributed by atoms with van der Waals surface area (Å²) in [5, 5.41) is 11.1. The molecule has 3 rings (SSSR count). The molecule has 2 aliphatic heterocycles. The number of fused-ring (bicyclic) bond motifs is 1. The first-order chi connectivity index (χ1) is 8.65. The molecule has 2 heterocycles. The number of carbonyl (C=O) groups is 2. The number of carbonyl (C=O) groups excluding carboxylic acids is 2. The van der Waals surface area contributed by atoms with Crippen molar-refractivity contribution < 1.29 is 14.7 Å². The van der Waals surface area contributed by atoms with Gasteiger partial charge in [0, 0.05) is 12.2 Å². The van der Waals surface area contributed by atoms with Crippen LogP contribution in [-0.4, -0.2) is 28.6 Å². The lowest BCUT2D eigenvalue weighted by Crippen LogP contribution is -2.50. The summed E-state index contributed by atoms with van der Waals surface area (Å²) in [4.78, 5) is 24.1. The second kappa shape index (κ2) is 4.02. The van der Waals surface area contributed by atoms with Gasteiger partial charge in [-0.05, 0) is 12.0 Å². The SMILES string of the molecule is O=C([O-])[C@H]1CS[C@@]2(c3ccccc3)CCC(=O)N12. The van der Waals surface area contributed by atoms with Crippen LogP contribution in [0.1, 0.15) is 18.4 Å². The van der Waals surface area contributed by atoms with Crippen LogP contribution in [0.25, 0.3) is 0 Å². The highest BCUT2D eigenvalue weighted by Gasteiger charge is 2.54. The third-order valence-electron chi connectivity index (χ3n) is 3.62. The van der Waals surface area contributed by atoms with Crippen LogP contribution in [0.2, 0.25) is 0 Å². The third kappa shape index (κ3) is 1.47. The number of hydrogen-bond acceptors (Lipinski definition) is 4. The second-order valence-corrected chi connectivity index (χ2v) is 5.86. The fraction of sp³-hybridized carbons (Fsp3) is 0.385. The molecule has 0 radical (unpaired) electrons. The summed E-state index contributed by atoms with van der Waals surface area (Å²) in [7, 11) is 0. The molecule has 0 bridgehead atoms. The van der Waals surface area contributed by atoms with Crippen LogP contribution in [0.15, 0.2) is 30.3 Å². The lowest BCUT2D eigenvalue weighted by molar-refractivity contribution is -0.310. The molecule has 94 valence electrons. The van der Waals surface area contributed by atoms with Gasteiger partial charge in [0.1, 0.15) is 4.87 Å². The van der Waals surface area contributed by atoms with Crippen molar-refractivity contribution in [3.8, 4) is 0 Å². The first-order valence-corrected chi connectivity index (χ1v) is 6.86. The normalized spacial score (nSPS) is 30.6. The van der Waals surface area contributed by atoms with Gasteiger partial charge in [0.25, 0.3) is 0 Å². The van der Waals surface area contributed by atoms with Crippen LogP contribution in [0, 0.1) is 0 Å². The Balaban J connectivity index is 2.06. The predicted molar refractivity (Wildman–Crippen MR) is 65.5 cm³/mol. The quantitative estimate of drug-likeness (QED) is 0.770. The average Bonchev–Trinajstić information content (AvgIpc) is 2.91. The van der Waals surface area contributed by atoms with Crippen LogP contribution in [-0.2, 0) is 14.5 Å². The number of carboxylic acids is 1. The Kier molecular flexibility index (Phi) is 2.59. The van der Waals surface area contributed by atoms with E-state index in [-0.39, 0.29) is 5.91 Å². The molecule has 1 amide bonds. The molecule has 0 aliphatic carbocycles. The molecule has 5 heteroatoms. The highest BCUT2D eigenvalue weighted by atomic mass is 32.2. The van der Waals surface area contributed by atoms with Gasteiger partial charge in [0.15, 0.2) is 0 Å². The number of benzene rings is 1. The van der Waals surface area contributed by atoms with Crippen molar-refractivity contribution in [2.24, 2.45) is 0 Å². The molecule has 1 aromatic carbocycles. The van der Waals surface area contributed by atoms with Gasteiger partial charge < -0.3 is 14.8 Å². The Morgan fingerprint density at radius 1 is 1.39 bits per heavy atom. The van der Waals surface area contributed by atoms with Crippen molar-refractivity contribution in [2.45, 2.75) is 23.8 Å². The minimum absolute atomic E-state index is 0.0851. The van der Waals surface area contributed by atoms with Crippen molar-refractivity contribution in [3.63, 3.8) is 0 Å². The molecule has 0 spiro atoms. The minimum Gasteiger partial charge on any atom is -0.548 e. The summed E-state index contributed by atoms with van der Waals surface area (Å²) in [5.41, 5.74) is 1.00. The molecule has 18 heavy (non-hydrogen) atoms. The van der Waals surface area contributed by atoms with E-state index in [9.17, 15) is 14.7 Å². The van der Waals surface area contributed by atoms with Crippen LogP contribution >= 0.6 is 11.8 Å². The summed E-state index contributed by atoms with van der Waals surface area (Å²) in [6.07, 6.45) is 1.08. The molecule has 0 saturated carbocycles. The number of rotatable bonds is 2. The minimum atomic E-state index is -1.16. The zero-order valence-corrected chi connectivity index (χ0v) is 10.5. The van der Waals surface area contributed by atoms with E-state index in [0.29, 0.717) is 18.6 Å². The van der Waals surface area contributed by atoms with E-state index in [1.54, 1.807) is 0 Å². The molecule has 0 N–H and O–H groups in total. The standard InChI is InChI=1S/C13H13NO3S/c15-11-6-7-13(9-4-2-1-3-5-9)14(11)10(8-18-13)12(16)17/h1-5,10H,6-8H2,(H,16,17)/p-1/t10-,13-/m1/s1. The zero-order valence-electron chi connectivity index (χ0n) is 9.67. The van der Waals surface area contributed by atoms with Crippen molar-refractivity contribution in [1.29, 1.82) is 0 Å². The molecular weight excluding hydrogens is 250 g/mol. The van der Waals surface area contributed by atoms with E-state index in [4.69, 9.17) is 0 Å². The summed E-state index contributed by atoms with van der Waals surface area (Å²) in [5.74, 6) is -0.836. The average molecular weight is 262 g/mol. The molecule has 0 unspecified atom stereocenters. The second-order valence-electron chi connectivity index (χ2n) is 4.56. The molecule has 2 fully saturated rings. The van der Waals surface area contributed by atoms with E-state index in [1.807, 2.05) is 30.3 Å². The Bertz CT molecular complexity index is 504. The first kappa shape index (κ1) is 11.6. The Morgan fingerprint density at radius 2 is 2.11 bits per heavy atom. The predicted octanol–water partition coefficient (Wildman–Crippen LogP) is 0.327. The summed E-state index contributed by atoms with van der Waals surface area (Å²) in [6, 6.07) is 8.85. The number of aliphatic carboxylic acids is 1. The zero-order chi connectivity index (χ0) is 12.8. The van der Waals surface area contributed by atoms with E-state index in [0.717, 1.165) is 5.56 Å². The van der Waals surface area contributed by atoms with Gasteiger partial charge in [0.05, 0.1) is 12.0 Å². The van der Waals surface area contributed by atoms with Crippen LogP contribution in [0.4, 0.5) is 0 Å². The molecule has 2 saturated heterocycles. The highest BCUT2D eigenvalue weighted by Crippen LogP contribution is 2.54. The maximum absolute atomic E-state index is 12.0. The van der Waals surface area contributed by atoms with Crippen molar-refractivity contribution in [2.75, 3.05) is 5.75 Å². The monoisotopic (exact) mass is 262 g/mol. The van der Waals surface area contributed by atoms with Gasteiger partial charge in [0.2, 0.25) is 5.91 Å². The van der Waals surface area contributed by atoms with Crippen molar-refractivity contribution >= 4 is 23.6 Å². The first-order valence-electron chi connectivity index (χ1n) is 5.88. The fourth-order valence-corrected chi connectivity index (χ4v) is 4.45. The number of carboxylic acid groups (broad SMARTS) is 1. The van der Waals surface area contributed by atoms with E-state index in [2.05, 4.69) is 0 Å². The van der Waals surface area contributed by atoms with Gasteiger partial charge in [-0.2, -0.15) is 0 Å². The Labute approximate surface area is 109 Å². The van der Waals surface area contributed by atoms with Gasteiger partial charge in [-0.15, -0.1) is 11.8 Å². The Hall–Kier alpha value is -1.49. The topological polar surface area (TPSA) is 60.4 Å². The lowest BCUT2D eigenvalue weighted by atomic mass is 10.0. The molecule has 2 aliphatic rings. The number of nitrogens with zero attached hydrogens (tertiary/aromatic N) is 1. The van der Waals surface area contributed by atoms with Crippen LogP contribution in [0.5, 0.6) is 0 Å². The smallest absolute Gasteiger partial charge is 0.224 e. The van der Waals surface area contributed by atoms with Gasteiger partial charge in [-0.25, -0.2) is 0 Å². The number of thioether (sulfide) groups is 1. The molecule has 0 aromatic heterocycles. The van der Waals surface area contributed by atoms with E-state index >= 15 is 0 Å². The summed E-state index contributed by atoms with van der Waals surface area (Å²) >= 11 is 1.54. The van der Waals surface area contributed by atoms with Crippen LogP contribution in [0.3, 0.4) is 0 Å². The van der Waals surface area contributed by atoms with Gasteiger partial charge >= 0.3 is 0 Å². The molecule has 4 nitrogen and oxygen atoms in total. The maximum Gasteiger partial charge on any atom is 0.224 e. The lowest BCUT2D eigenvalue weighted by Gasteiger charge is -2.34. The summed E-state index contributed by atoms with van der Waals surface area (Å²) in [6.45, 7) is 0. The van der Waals surface area contributed by atoms with Gasteiger partial charge in [-0.3, -0.25) is 4.79 Å².